The van der Waals surface area contributed by atoms with Crippen molar-refractivity contribution in [3.63, 3.8) is 0 Å². The Balaban J connectivity index is 3.09. The maximum absolute atomic E-state index is 12.3. The molecule has 1 rings (SSSR count). The molecule has 2 atom stereocenters. The van der Waals surface area contributed by atoms with Gasteiger partial charge in [0, 0.05) is 11.6 Å². The first kappa shape index (κ1) is 15.1. The fourth-order valence-corrected chi connectivity index (χ4v) is 1.56. The van der Waals surface area contributed by atoms with Crippen molar-refractivity contribution in [2.24, 2.45) is 0 Å². The van der Waals surface area contributed by atoms with E-state index in [1.54, 1.807) is 37.3 Å². The quantitative estimate of drug-likeness (QED) is 0.461. The van der Waals surface area contributed by atoms with Crippen molar-refractivity contribution in [1.29, 1.82) is 0 Å². The first-order chi connectivity index (χ1) is 8.90. The van der Waals surface area contributed by atoms with Gasteiger partial charge >= 0.3 is 0 Å². The van der Waals surface area contributed by atoms with Gasteiger partial charge in [-0.1, -0.05) is 36.9 Å². The molecule has 100 valence electrons. The van der Waals surface area contributed by atoms with Crippen molar-refractivity contribution >= 4 is 11.6 Å². The molecule has 19 heavy (non-hydrogen) atoms. The van der Waals surface area contributed by atoms with Gasteiger partial charge < -0.3 is 5.11 Å². The average molecular weight is 259 g/mol. The smallest absolute Gasteiger partial charge is 0.214 e. The van der Waals surface area contributed by atoms with Crippen LogP contribution in [-0.2, 0) is 4.79 Å². The third kappa shape index (κ3) is 3.73. The van der Waals surface area contributed by atoms with Crippen LogP contribution < -0.4 is 5.32 Å². The van der Waals surface area contributed by atoms with E-state index < -0.39 is 17.6 Å². The Kier molecular flexibility index (Phi) is 4.95. The lowest BCUT2D eigenvalue weighted by atomic mass is 9.99. The first-order valence-electron chi connectivity index (χ1n) is 5.88. The summed E-state index contributed by atoms with van der Waals surface area (Å²) in [6, 6.07) is 7.67. The third-order valence-corrected chi connectivity index (χ3v) is 2.74. The molecule has 0 saturated carbocycles. The van der Waals surface area contributed by atoms with Crippen molar-refractivity contribution < 1.29 is 14.7 Å². The van der Waals surface area contributed by atoms with Crippen molar-refractivity contribution in [1.82, 2.24) is 5.32 Å². The second-order valence-electron chi connectivity index (χ2n) is 4.29. The minimum Gasteiger partial charge on any atom is -0.365 e. The van der Waals surface area contributed by atoms with E-state index >= 15 is 0 Å². The van der Waals surface area contributed by atoms with Crippen LogP contribution in [0.1, 0.15) is 24.2 Å². The molecule has 4 nitrogen and oxygen atoms in total. The van der Waals surface area contributed by atoms with E-state index in [0.717, 1.165) is 6.08 Å². The van der Waals surface area contributed by atoms with E-state index in [2.05, 4.69) is 17.6 Å². The monoisotopic (exact) mass is 259 g/mol. The lowest BCUT2D eigenvalue weighted by Gasteiger charge is -2.26. The van der Waals surface area contributed by atoms with Gasteiger partial charge in [0.2, 0.25) is 11.5 Å². The molecule has 0 aromatic heterocycles. The summed E-state index contributed by atoms with van der Waals surface area (Å²) in [6.07, 6.45) is 1.11. The van der Waals surface area contributed by atoms with Gasteiger partial charge in [0.1, 0.15) is 5.78 Å². The Bertz CT molecular complexity index is 517. The van der Waals surface area contributed by atoms with Gasteiger partial charge in [0.15, 0.2) is 0 Å². The normalized spacial score (nSPS) is 14.9. The van der Waals surface area contributed by atoms with Crippen LogP contribution in [0.15, 0.2) is 48.7 Å². The molecule has 0 bridgehead atoms. The van der Waals surface area contributed by atoms with Crippen molar-refractivity contribution in [3.8, 4) is 0 Å². The lowest BCUT2D eigenvalue weighted by Crippen LogP contribution is -2.55. The molecule has 2 unspecified atom stereocenters. The SMILES string of the molecule is C=C=CC(O)(NC(C)C(C)=O)C(=O)c1ccccc1. The van der Waals surface area contributed by atoms with E-state index in [-0.39, 0.29) is 5.78 Å². The number of nitrogens with one attached hydrogen (secondary N) is 1. The highest BCUT2D eigenvalue weighted by atomic mass is 16.3. The predicted octanol–water partition coefficient (Wildman–Crippen LogP) is 1.47. The maximum atomic E-state index is 12.3. The van der Waals surface area contributed by atoms with Crippen LogP contribution in [0, 0.1) is 0 Å². The van der Waals surface area contributed by atoms with Gasteiger partial charge in [0.25, 0.3) is 0 Å². The minimum atomic E-state index is -1.99. The molecule has 0 heterocycles. The van der Waals surface area contributed by atoms with Gasteiger partial charge in [-0.15, -0.1) is 5.73 Å². The summed E-state index contributed by atoms with van der Waals surface area (Å²) in [7, 11) is 0. The second-order valence-corrected chi connectivity index (χ2v) is 4.29. The number of ketones is 2. The average Bonchev–Trinajstić information content (AvgIpc) is 2.39. The summed E-state index contributed by atoms with van der Waals surface area (Å²) in [5.41, 5.74) is 0.725. The van der Waals surface area contributed by atoms with Gasteiger partial charge in [-0.05, 0) is 13.8 Å². The van der Waals surface area contributed by atoms with Crippen molar-refractivity contribution in [2.75, 3.05) is 0 Å². The molecule has 2 N–H and O–H groups in total. The van der Waals surface area contributed by atoms with Crippen molar-refractivity contribution in [3.05, 3.63) is 54.3 Å². The molecule has 0 saturated heterocycles. The van der Waals surface area contributed by atoms with Gasteiger partial charge in [-0.25, -0.2) is 0 Å². The molecule has 1 aromatic rings. The molecule has 0 spiro atoms. The van der Waals surface area contributed by atoms with Crippen molar-refractivity contribution in [2.45, 2.75) is 25.6 Å². The molecular weight excluding hydrogens is 242 g/mol. The number of benzene rings is 1. The number of hydrogen-bond acceptors (Lipinski definition) is 4. The van der Waals surface area contributed by atoms with E-state index in [1.165, 1.54) is 6.92 Å². The van der Waals surface area contributed by atoms with Crippen LogP contribution in [0.3, 0.4) is 0 Å². The number of rotatable bonds is 6. The Hall–Kier alpha value is -2.00. The zero-order valence-corrected chi connectivity index (χ0v) is 11.0. The summed E-state index contributed by atoms with van der Waals surface area (Å²) < 4.78 is 0. The van der Waals surface area contributed by atoms with Gasteiger partial charge in [-0.3, -0.25) is 14.9 Å². The second kappa shape index (κ2) is 6.25. The van der Waals surface area contributed by atoms with Crippen LogP contribution in [-0.4, -0.2) is 28.4 Å². The van der Waals surface area contributed by atoms with Gasteiger partial charge in [0.05, 0.1) is 6.04 Å². The fourth-order valence-electron chi connectivity index (χ4n) is 1.56. The molecule has 1 aromatic carbocycles. The van der Waals surface area contributed by atoms with Crippen LogP contribution >= 0.6 is 0 Å². The van der Waals surface area contributed by atoms with Crippen LogP contribution in [0.5, 0.6) is 0 Å². The number of carbonyl (C=O) groups is 2. The molecular formula is C15H17NO3. The Morgan fingerprint density at radius 3 is 2.47 bits per heavy atom. The standard InChI is InChI=1S/C15H17NO3/c1-4-10-15(19,16-11(2)12(3)17)14(18)13-8-6-5-7-9-13/h5-11,16,19H,1H2,2-3H3. The molecule has 0 amide bonds. The lowest BCUT2D eigenvalue weighted by molar-refractivity contribution is -0.119. The Morgan fingerprint density at radius 2 is 2.00 bits per heavy atom. The highest BCUT2D eigenvalue weighted by molar-refractivity contribution is 6.03. The number of aliphatic hydroxyl groups is 1. The molecule has 0 fully saturated rings. The number of Topliss-reactive ketones (excluding diaryl/α,β-unsaturated/α-hetero) is 2. The minimum absolute atomic E-state index is 0.184. The topological polar surface area (TPSA) is 66.4 Å². The van der Waals surface area contributed by atoms with Gasteiger partial charge in [-0.2, -0.15) is 0 Å². The van der Waals surface area contributed by atoms with E-state index in [1.807, 2.05) is 0 Å². The zero-order valence-electron chi connectivity index (χ0n) is 11.0. The molecule has 0 aliphatic carbocycles. The predicted molar refractivity (Wildman–Crippen MR) is 72.7 cm³/mol. The summed E-state index contributed by atoms with van der Waals surface area (Å²) in [5.74, 6) is -0.742. The van der Waals surface area contributed by atoms with Crippen LogP contribution in [0.25, 0.3) is 0 Å². The Morgan fingerprint density at radius 1 is 1.42 bits per heavy atom. The fraction of sp³-hybridized carbons (Fsp3) is 0.267. The van der Waals surface area contributed by atoms with Crippen LogP contribution in [0.4, 0.5) is 0 Å². The largest absolute Gasteiger partial charge is 0.365 e. The summed E-state index contributed by atoms with van der Waals surface area (Å²) in [5, 5.41) is 13.0. The highest BCUT2D eigenvalue weighted by Crippen LogP contribution is 2.13. The maximum Gasteiger partial charge on any atom is 0.214 e. The summed E-state index contributed by atoms with van der Waals surface area (Å²) in [4.78, 5) is 23.5. The van der Waals surface area contributed by atoms with E-state index in [0.29, 0.717) is 5.56 Å². The molecule has 0 aliphatic rings. The summed E-state index contributed by atoms with van der Waals surface area (Å²) >= 11 is 0. The number of carbonyl (C=O) groups excluding carboxylic acids is 2. The van der Waals surface area contributed by atoms with E-state index in [4.69, 9.17) is 0 Å². The highest BCUT2D eigenvalue weighted by Gasteiger charge is 2.35. The zero-order chi connectivity index (χ0) is 14.5. The Labute approximate surface area is 112 Å². The van der Waals surface area contributed by atoms with E-state index in [9.17, 15) is 14.7 Å². The van der Waals surface area contributed by atoms with Crippen LogP contribution in [0.2, 0.25) is 0 Å². The molecule has 4 heteroatoms. The summed E-state index contributed by atoms with van der Waals surface area (Å²) in [6.45, 7) is 6.31. The first-order valence-corrected chi connectivity index (χ1v) is 5.88. The molecule has 0 radical (unpaired) electrons. The third-order valence-electron chi connectivity index (χ3n) is 2.74. The number of hydrogen-bond donors (Lipinski definition) is 2. The molecule has 0 aliphatic heterocycles.